The van der Waals surface area contributed by atoms with Gasteiger partial charge in [-0.3, -0.25) is 0 Å². The van der Waals surface area contributed by atoms with E-state index in [-0.39, 0.29) is 0 Å². The SMILES string of the molecule is C=C(/C=C\C=C/CCCC)c1ccccc1. The summed E-state index contributed by atoms with van der Waals surface area (Å²) < 4.78 is 0. The second kappa shape index (κ2) is 7.70. The Balaban J connectivity index is 2.40. The first kappa shape index (κ1) is 12.5. The van der Waals surface area contributed by atoms with Crippen LogP contribution in [-0.4, -0.2) is 0 Å². The smallest absolute Gasteiger partial charge is 0.0190 e. The van der Waals surface area contributed by atoms with Crippen LogP contribution >= 0.6 is 0 Å². The number of hydrogen-bond donors (Lipinski definition) is 0. The van der Waals surface area contributed by atoms with Crippen molar-refractivity contribution in [2.75, 3.05) is 0 Å². The van der Waals surface area contributed by atoms with Crippen molar-refractivity contribution in [3.8, 4) is 0 Å². The van der Waals surface area contributed by atoms with Gasteiger partial charge in [-0.25, -0.2) is 0 Å². The molecule has 0 heteroatoms. The van der Waals surface area contributed by atoms with Crippen LogP contribution in [-0.2, 0) is 0 Å². The van der Waals surface area contributed by atoms with Gasteiger partial charge in [0.2, 0.25) is 0 Å². The molecular formula is C16H20. The molecule has 1 aromatic rings. The van der Waals surface area contributed by atoms with Gasteiger partial charge in [-0.2, -0.15) is 0 Å². The Morgan fingerprint density at radius 1 is 1.19 bits per heavy atom. The molecule has 0 amide bonds. The summed E-state index contributed by atoms with van der Waals surface area (Å²) in [5.41, 5.74) is 2.24. The molecule has 0 radical (unpaired) electrons. The lowest BCUT2D eigenvalue weighted by Gasteiger charge is -1.97. The molecule has 1 aromatic carbocycles. The molecule has 0 N–H and O–H groups in total. The van der Waals surface area contributed by atoms with Crippen molar-refractivity contribution in [2.45, 2.75) is 26.2 Å². The fourth-order valence-electron chi connectivity index (χ4n) is 1.42. The summed E-state index contributed by atoms with van der Waals surface area (Å²) in [7, 11) is 0. The maximum atomic E-state index is 4.04. The minimum Gasteiger partial charge on any atom is -0.0912 e. The number of rotatable bonds is 6. The van der Waals surface area contributed by atoms with Gasteiger partial charge in [-0.15, -0.1) is 0 Å². The van der Waals surface area contributed by atoms with E-state index in [4.69, 9.17) is 0 Å². The first-order valence-corrected chi connectivity index (χ1v) is 5.92. The average Bonchev–Trinajstić information content (AvgIpc) is 2.34. The highest BCUT2D eigenvalue weighted by molar-refractivity contribution is 5.72. The molecule has 0 atom stereocenters. The number of benzene rings is 1. The molecule has 0 nitrogen and oxygen atoms in total. The lowest BCUT2D eigenvalue weighted by Crippen LogP contribution is -1.76. The molecular weight excluding hydrogens is 192 g/mol. The average molecular weight is 212 g/mol. The lowest BCUT2D eigenvalue weighted by molar-refractivity contribution is 0.815. The molecule has 0 unspecified atom stereocenters. The second-order valence-electron chi connectivity index (χ2n) is 3.82. The van der Waals surface area contributed by atoms with Crippen molar-refractivity contribution in [3.63, 3.8) is 0 Å². The Morgan fingerprint density at radius 2 is 1.94 bits per heavy atom. The predicted octanol–water partition coefficient (Wildman–Crippen LogP) is 5.00. The van der Waals surface area contributed by atoms with E-state index in [9.17, 15) is 0 Å². The summed E-state index contributed by atoms with van der Waals surface area (Å²) in [6, 6.07) is 10.2. The third-order valence-electron chi connectivity index (χ3n) is 2.41. The first-order valence-electron chi connectivity index (χ1n) is 5.92. The molecule has 0 saturated heterocycles. The third-order valence-corrected chi connectivity index (χ3v) is 2.41. The zero-order chi connectivity index (χ0) is 11.6. The van der Waals surface area contributed by atoms with Gasteiger partial charge in [0.25, 0.3) is 0 Å². The predicted molar refractivity (Wildman–Crippen MR) is 73.3 cm³/mol. The summed E-state index contributed by atoms with van der Waals surface area (Å²) in [6.45, 7) is 6.25. The van der Waals surface area contributed by atoms with Gasteiger partial charge in [0.1, 0.15) is 0 Å². The number of unbranched alkanes of at least 4 members (excludes halogenated alkanes) is 2. The Labute approximate surface area is 99.0 Å². The summed E-state index contributed by atoms with van der Waals surface area (Å²) in [4.78, 5) is 0. The van der Waals surface area contributed by atoms with Crippen LogP contribution in [0.15, 0.2) is 61.2 Å². The Bertz CT molecular complexity index is 355. The van der Waals surface area contributed by atoms with E-state index >= 15 is 0 Å². The fraction of sp³-hybridized carbons (Fsp3) is 0.250. The van der Waals surface area contributed by atoms with E-state index < -0.39 is 0 Å². The Kier molecular flexibility index (Phi) is 6.02. The van der Waals surface area contributed by atoms with Crippen molar-refractivity contribution < 1.29 is 0 Å². The van der Waals surface area contributed by atoms with Crippen LogP contribution in [0.4, 0.5) is 0 Å². The van der Waals surface area contributed by atoms with Crippen molar-refractivity contribution >= 4 is 5.57 Å². The van der Waals surface area contributed by atoms with Crippen LogP contribution in [0.1, 0.15) is 31.7 Å². The summed E-state index contributed by atoms with van der Waals surface area (Å²) >= 11 is 0. The molecule has 16 heavy (non-hydrogen) atoms. The highest BCUT2D eigenvalue weighted by atomic mass is 14.0. The quantitative estimate of drug-likeness (QED) is 0.459. The number of allylic oxidation sites excluding steroid dienone is 5. The van der Waals surface area contributed by atoms with Crippen LogP contribution in [0.2, 0.25) is 0 Å². The monoisotopic (exact) mass is 212 g/mol. The summed E-state index contributed by atoms with van der Waals surface area (Å²) in [5, 5.41) is 0. The van der Waals surface area contributed by atoms with Gasteiger partial charge >= 0.3 is 0 Å². The molecule has 0 fully saturated rings. The van der Waals surface area contributed by atoms with E-state index in [2.05, 4.69) is 49.9 Å². The van der Waals surface area contributed by atoms with Gasteiger partial charge in [-0.1, -0.05) is 81.0 Å². The van der Waals surface area contributed by atoms with Gasteiger partial charge in [0.05, 0.1) is 0 Å². The van der Waals surface area contributed by atoms with Gasteiger partial charge in [0, 0.05) is 0 Å². The molecule has 0 aliphatic heterocycles. The molecule has 0 bridgehead atoms. The summed E-state index contributed by atoms with van der Waals surface area (Å²) in [6.07, 6.45) is 12.1. The van der Waals surface area contributed by atoms with Crippen LogP contribution in [0.3, 0.4) is 0 Å². The fourth-order valence-corrected chi connectivity index (χ4v) is 1.42. The molecule has 0 saturated carbocycles. The van der Waals surface area contributed by atoms with Gasteiger partial charge in [-0.05, 0) is 17.6 Å². The van der Waals surface area contributed by atoms with Crippen LogP contribution < -0.4 is 0 Å². The molecule has 0 aromatic heterocycles. The summed E-state index contributed by atoms with van der Waals surface area (Å²) in [5.74, 6) is 0. The van der Waals surface area contributed by atoms with Crippen molar-refractivity contribution in [1.82, 2.24) is 0 Å². The molecule has 0 spiro atoms. The lowest BCUT2D eigenvalue weighted by atomic mass is 10.1. The highest BCUT2D eigenvalue weighted by Crippen LogP contribution is 2.12. The molecule has 0 aliphatic carbocycles. The standard InChI is InChI=1S/C16H20/c1-3-4-5-6-7-9-12-15(2)16-13-10-8-11-14-16/h6-14H,2-5H2,1H3/b7-6-,12-9-. The minimum atomic E-state index is 1.06. The minimum absolute atomic E-state index is 1.06. The van der Waals surface area contributed by atoms with Crippen LogP contribution in [0.5, 0.6) is 0 Å². The topological polar surface area (TPSA) is 0 Å². The Morgan fingerprint density at radius 3 is 2.62 bits per heavy atom. The van der Waals surface area contributed by atoms with Crippen LogP contribution in [0.25, 0.3) is 5.57 Å². The Hall–Kier alpha value is -1.56. The van der Waals surface area contributed by atoms with Gasteiger partial charge < -0.3 is 0 Å². The molecule has 0 aliphatic rings. The van der Waals surface area contributed by atoms with E-state index in [1.165, 1.54) is 24.8 Å². The highest BCUT2D eigenvalue weighted by Gasteiger charge is 1.90. The van der Waals surface area contributed by atoms with Crippen LogP contribution in [0, 0.1) is 0 Å². The number of hydrogen-bond acceptors (Lipinski definition) is 0. The van der Waals surface area contributed by atoms with E-state index in [1.807, 2.05) is 18.2 Å². The zero-order valence-corrected chi connectivity index (χ0v) is 10.0. The molecule has 84 valence electrons. The molecule has 0 heterocycles. The third kappa shape index (κ3) is 4.79. The van der Waals surface area contributed by atoms with Crippen molar-refractivity contribution in [3.05, 3.63) is 66.8 Å². The normalized spacial score (nSPS) is 11.3. The largest absolute Gasteiger partial charge is 0.0912 e. The van der Waals surface area contributed by atoms with E-state index in [0.29, 0.717) is 0 Å². The van der Waals surface area contributed by atoms with E-state index in [0.717, 1.165) is 5.57 Å². The maximum absolute atomic E-state index is 4.04. The second-order valence-corrected chi connectivity index (χ2v) is 3.82. The molecule has 1 rings (SSSR count). The van der Waals surface area contributed by atoms with Crippen molar-refractivity contribution in [1.29, 1.82) is 0 Å². The van der Waals surface area contributed by atoms with Gasteiger partial charge in [0.15, 0.2) is 0 Å². The van der Waals surface area contributed by atoms with Crippen molar-refractivity contribution in [2.24, 2.45) is 0 Å². The first-order chi connectivity index (χ1) is 7.84. The zero-order valence-electron chi connectivity index (χ0n) is 10.0. The van der Waals surface area contributed by atoms with E-state index in [1.54, 1.807) is 0 Å². The maximum Gasteiger partial charge on any atom is -0.0190 e.